The van der Waals surface area contributed by atoms with Crippen LogP contribution in [-0.2, 0) is 10.0 Å². The van der Waals surface area contributed by atoms with Crippen LogP contribution in [0, 0.1) is 9.39 Å². The molecule has 0 spiro atoms. The van der Waals surface area contributed by atoms with Crippen molar-refractivity contribution in [3.63, 3.8) is 0 Å². The van der Waals surface area contributed by atoms with Gasteiger partial charge >= 0.3 is 208 Å². The molecule has 202 valence electrons. The zero-order valence-corrected chi connectivity index (χ0v) is 22.4. The van der Waals surface area contributed by atoms with Crippen LogP contribution in [0.2, 0.25) is 0 Å². The number of pyridine rings is 1. The Balaban J connectivity index is 1.56. The quantitative estimate of drug-likeness (QED) is 0.184. The molecule has 3 heterocycles. The molecule has 1 fully saturated rings. The van der Waals surface area contributed by atoms with Gasteiger partial charge in [0.25, 0.3) is 0 Å². The molecule has 3 aromatic rings. The molecule has 0 saturated carbocycles. The van der Waals surface area contributed by atoms with Gasteiger partial charge in [-0.2, -0.15) is 13.2 Å². The van der Waals surface area contributed by atoms with Gasteiger partial charge in [0.05, 0.1) is 0 Å². The van der Waals surface area contributed by atoms with E-state index < -0.39 is 67.3 Å². The van der Waals surface area contributed by atoms with Crippen molar-refractivity contribution >= 4 is 32.7 Å². The number of alkyl halides is 5. The molecule has 4 rings (SSSR count). The van der Waals surface area contributed by atoms with Gasteiger partial charge in [0, 0.05) is 0 Å². The number of benzene rings is 1. The van der Waals surface area contributed by atoms with Crippen molar-refractivity contribution in [2.45, 2.75) is 31.2 Å². The predicted octanol–water partition coefficient (Wildman–Crippen LogP) is 0.525. The molecular weight excluding hydrogens is 634 g/mol. The molecular formula is C22H23F5IN6O2S-. The second-order valence-electron chi connectivity index (χ2n) is 8.42. The minimum absolute atomic E-state index is 0.152. The molecule has 0 amide bonds. The number of hydrogen-bond acceptors (Lipinski definition) is 7. The van der Waals surface area contributed by atoms with Crippen LogP contribution in [-0.4, -0.2) is 65.5 Å². The Hall–Kier alpha value is -2.40. The van der Waals surface area contributed by atoms with Gasteiger partial charge < -0.3 is 0 Å². The molecule has 1 aliphatic heterocycles. The summed E-state index contributed by atoms with van der Waals surface area (Å²) in [6.45, 7) is 0.909. The number of fused-ring (bicyclic) bond motifs is 1. The standard InChI is InChI=1S/C22H23F5IN6O2S/c1-28-16-8-18(12-2-3-17(15(24)6-12)34-37(35,36)5-4-22(25,26)27)32-19-11-30-21(33-20(16)19)31-14-7-13(23)9-29-10-14/h2-3,6,8,11,13-14,29,34H,4-5,7,9-10H2,1H3,(H,30,31,33)/q-1/t13-,14-/m0/s1. The number of anilines is 2. The Labute approximate surface area is 220 Å². The second-order valence-corrected chi connectivity index (χ2v) is 12.5. The van der Waals surface area contributed by atoms with Gasteiger partial charge in [0.2, 0.25) is 0 Å². The average molecular weight is 657 g/mol. The van der Waals surface area contributed by atoms with Gasteiger partial charge in [-0.1, -0.05) is 0 Å². The van der Waals surface area contributed by atoms with Gasteiger partial charge in [-0.25, -0.2) is 0 Å². The molecule has 0 aliphatic carbocycles. The molecule has 8 nitrogen and oxygen atoms in total. The summed E-state index contributed by atoms with van der Waals surface area (Å²) in [5.41, 5.74) is 1.41. The fraction of sp³-hybridized carbons (Fsp3) is 0.409. The number of rotatable bonds is 8. The van der Waals surface area contributed by atoms with Gasteiger partial charge in [0.15, 0.2) is 0 Å². The summed E-state index contributed by atoms with van der Waals surface area (Å²) in [7, 11) is -4.39. The summed E-state index contributed by atoms with van der Waals surface area (Å²) in [6.07, 6.45) is -5.27. The molecule has 3 N–H and O–H groups in total. The summed E-state index contributed by atoms with van der Waals surface area (Å²) in [5, 5.41) is 6.15. The van der Waals surface area contributed by atoms with Crippen molar-refractivity contribution in [1.82, 2.24) is 20.3 Å². The van der Waals surface area contributed by atoms with Crippen molar-refractivity contribution < 1.29 is 51.6 Å². The van der Waals surface area contributed by atoms with Crippen LogP contribution in [0.1, 0.15) is 12.8 Å². The van der Waals surface area contributed by atoms with E-state index in [1.807, 2.05) is 9.65 Å². The molecule has 0 bridgehead atoms. The zero-order valence-electron chi connectivity index (χ0n) is 19.4. The van der Waals surface area contributed by atoms with Gasteiger partial charge in [-0.05, 0) is 0 Å². The Morgan fingerprint density at radius 1 is 1.19 bits per heavy atom. The van der Waals surface area contributed by atoms with Crippen LogP contribution < -0.4 is 36.6 Å². The van der Waals surface area contributed by atoms with Crippen LogP contribution in [0.15, 0.2) is 30.5 Å². The first kappa shape index (κ1) is 27.6. The van der Waals surface area contributed by atoms with Crippen molar-refractivity contribution in [3.8, 4) is 11.3 Å². The van der Waals surface area contributed by atoms with E-state index in [9.17, 15) is 30.4 Å². The monoisotopic (exact) mass is 657 g/mol. The molecule has 15 heteroatoms. The van der Waals surface area contributed by atoms with E-state index in [1.165, 1.54) is 12.3 Å². The fourth-order valence-electron chi connectivity index (χ4n) is 3.75. The summed E-state index contributed by atoms with van der Waals surface area (Å²) in [6, 6.07) is 5.25. The molecule has 1 saturated heterocycles. The second kappa shape index (κ2) is 11.1. The third-order valence-corrected chi connectivity index (χ3v) is 8.78. The minimum atomic E-state index is -4.65. The van der Waals surface area contributed by atoms with E-state index >= 15 is 0 Å². The number of halogens is 6. The Morgan fingerprint density at radius 3 is 2.65 bits per heavy atom. The maximum absolute atomic E-state index is 14.7. The Morgan fingerprint density at radius 2 is 1.97 bits per heavy atom. The van der Waals surface area contributed by atoms with Crippen molar-refractivity contribution in [1.29, 1.82) is 0 Å². The summed E-state index contributed by atoms with van der Waals surface area (Å²) in [4.78, 5) is 15.4. The van der Waals surface area contributed by atoms with E-state index in [2.05, 4.69) is 25.6 Å². The number of piperidine rings is 1. The van der Waals surface area contributed by atoms with Crippen molar-refractivity contribution in [3.05, 3.63) is 39.8 Å². The zero-order chi connectivity index (χ0) is 26.8. The van der Waals surface area contributed by atoms with E-state index in [4.69, 9.17) is 0 Å². The molecule has 0 radical (unpaired) electrons. The Bertz CT molecular complexity index is 1390. The third kappa shape index (κ3) is 7.34. The normalized spacial score (nSPS) is 18.8. The molecule has 0 unspecified atom stereocenters. The third-order valence-electron chi connectivity index (χ3n) is 5.52. The first-order valence-electron chi connectivity index (χ1n) is 11.1. The molecule has 1 aromatic carbocycles. The maximum atomic E-state index is 14.7. The average Bonchev–Trinajstić information content (AvgIpc) is 2.83. The Kier molecular flexibility index (Phi) is 8.32. The van der Waals surface area contributed by atoms with E-state index in [1.54, 1.807) is 6.07 Å². The van der Waals surface area contributed by atoms with Crippen LogP contribution in [0.4, 0.5) is 33.6 Å². The molecule has 2 aromatic heterocycles. The van der Waals surface area contributed by atoms with Crippen molar-refractivity contribution in [2.75, 3.05) is 33.8 Å². The van der Waals surface area contributed by atoms with E-state index in [0.717, 1.165) is 15.7 Å². The molecule has 2 atom stereocenters. The van der Waals surface area contributed by atoms with Crippen LogP contribution in [0.5, 0.6) is 0 Å². The first-order chi connectivity index (χ1) is 17.4. The van der Waals surface area contributed by atoms with Crippen LogP contribution >= 0.6 is 0 Å². The topological polar surface area (TPSA) is 109 Å². The number of hydrogen-bond donors (Lipinski definition) is 3. The summed E-state index contributed by atoms with van der Waals surface area (Å²) in [5.74, 6) is -1.81. The van der Waals surface area contributed by atoms with Crippen LogP contribution in [0.25, 0.3) is 22.3 Å². The van der Waals surface area contributed by atoms with E-state index in [0.29, 0.717) is 47.7 Å². The first-order valence-corrected chi connectivity index (χ1v) is 16.0. The SMILES string of the molecule is C[I-]c1cc(-c2ccc(NS(=O)(=O)CCC(F)(F)F)c(F)c2)nc2cnc(N[C@@H]3CNC[C@@H](F)C3)nc12. The fourth-order valence-corrected chi connectivity index (χ4v) is 6.37. The summed E-state index contributed by atoms with van der Waals surface area (Å²) >= 11 is -0.498. The van der Waals surface area contributed by atoms with Crippen molar-refractivity contribution in [2.24, 2.45) is 0 Å². The number of nitrogens with zero attached hydrogens (tertiary/aromatic N) is 3. The van der Waals surface area contributed by atoms with Gasteiger partial charge in [-0.15, -0.1) is 0 Å². The number of nitrogens with one attached hydrogen (secondary N) is 3. The van der Waals surface area contributed by atoms with Crippen LogP contribution in [0.3, 0.4) is 0 Å². The number of sulfonamides is 1. The van der Waals surface area contributed by atoms with E-state index in [-0.39, 0.29) is 6.04 Å². The number of aromatic nitrogens is 3. The van der Waals surface area contributed by atoms with Gasteiger partial charge in [0.1, 0.15) is 0 Å². The van der Waals surface area contributed by atoms with Gasteiger partial charge in [-0.3, -0.25) is 0 Å². The summed E-state index contributed by atoms with van der Waals surface area (Å²) < 4.78 is 92.1. The molecule has 37 heavy (non-hydrogen) atoms. The predicted molar refractivity (Wildman–Crippen MR) is 125 cm³/mol. The molecule has 1 aliphatic rings.